The fourth-order valence-electron chi connectivity index (χ4n) is 1.59. The summed E-state index contributed by atoms with van der Waals surface area (Å²) >= 11 is 0. The zero-order valence-electron chi connectivity index (χ0n) is 15.5. The van der Waals surface area contributed by atoms with Crippen LogP contribution in [0, 0.1) is 0 Å². The Kier molecular flexibility index (Phi) is 7.54. The smallest absolute Gasteiger partial charge is 0.429 e. The van der Waals surface area contributed by atoms with Gasteiger partial charge in [-0.2, -0.15) is 0 Å². The molecule has 7 nitrogen and oxygen atoms in total. The molecule has 0 aliphatic rings. The number of ketones is 1. The van der Waals surface area contributed by atoms with E-state index < -0.39 is 29.4 Å². The second kappa shape index (κ2) is 8.17. The van der Waals surface area contributed by atoms with Crippen LogP contribution in [0.1, 0.15) is 68.2 Å². The molecule has 0 aromatic carbocycles. The summed E-state index contributed by atoms with van der Waals surface area (Å²) in [7, 11) is 0. The van der Waals surface area contributed by atoms with Gasteiger partial charge in [-0.25, -0.2) is 20.0 Å². The SMILES string of the molecule is CC(=O)CCC(C)N(NC(=O)OC(C)(C)C)C(=O)OC(C)(C)C. The van der Waals surface area contributed by atoms with E-state index in [9.17, 15) is 14.4 Å². The maximum absolute atomic E-state index is 12.3. The van der Waals surface area contributed by atoms with Gasteiger partial charge in [-0.3, -0.25) is 0 Å². The highest BCUT2D eigenvalue weighted by atomic mass is 16.6. The Morgan fingerprint density at radius 2 is 1.48 bits per heavy atom. The van der Waals surface area contributed by atoms with Crippen LogP contribution >= 0.6 is 0 Å². The summed E-state index contributed by atoms with van der Waals surface area (Å²) < 4.78 is 10.4. The highest BCUT2D eigenvalue weighted by molar-refractivity contribution is 5.76. The molecule has 0 aliphatic heterocycles. The molecular formula is C16H30N2O5. The Balaban J connectivity index is 5.02. The fraction of sp³-hybridized carbons (Fsp3) is 0.812. The summed E-state index contributed by atoms with van der Waals surface area (Å²) in [4.78, 5) is 35.4. The Morgan fingerprint density at radius 1 is 1.00 bits per heavy atom. The van der Waals surface area contributed by atoms with Gasteiger partial charge in [-0.1, -0.05) is 0 Å². The average Bonchev–Trinajstić information content (AvgIpc) is 2.28. The molecule has 1 unspecified atom stereocenters. The van der Waals surface area contributed by atoms with Crippen LogP contribution < -0.4 is 5.43 Å². The van der Waals surface area contributed by atoms with Crippen LogP contribution in [0.25, 0.3) is 0 Å². The average molecular weight is 330 g/mol. The number of nitrogens with one attached hydrogen (secondary N) is 1. The second-order valence-corrected chi connectivity index (χ2v) is 7.55. The minimum Gasteiger partial charge on any atom is -0.443 e. The number of amides is 2. The molecule has 0 aromatic heterocycles. The first kappa shape index (κ1) is 21.2. The molecule has 0 radical (unpaired) electrons. The third-order valence-electron chi connectivity index (χ3n) is 2.56. The van der Waals surface area contributed by atoms with E-state index in [-0.39, 0.29) is 5.78 Å². The van der Waals surface area contributed by atoms with Crippen molar-refractivity contribution in [2.45, 2.75) is 85.5 Å². The summed E-state index contributed by atoms with van der Waals surface area (Å²) in [6, 6.07) is -0.415. The summed E-state index contributed by atoms with van der Waals surface area (Å²) in [5, 5.41) is 1.07. The lowest BCUT2D eigenvalue weighted by atomic mass is 10.1. The quantitative estimate of drug-likeness (QED) is 0.798. The molecule has 23 heavy (non-hydrogen) atoms. The van der Waals surface area contributed by atoms with Crippen molar-refractivity contribution in [3.05, 3.63) is 0 Å². The molecule has 0 aromatic rings. The number of Topliss-reactive ketones (excluding diaryl/α,β-unsaturated/α-hetero) is 1. The summed E-state index contributed by atoms with van der Waals surface area (Å²) in [6.07, 6.45) is -0.738. The summed E-state index contributed by atoms with van der Waals surface area (Å²) in [5.74, 6) is 0.0123. The largest absolute Gasteiger partial charge is 0.443 e. The number of rotatable bonds is 4. The molecule has 0 fully saturated rings. The van der Waals surface area contributed by atoms with Crippen LogP contribution in [-0.2, 0) is 14.3 Å². The van der Waals surface area contributed by atoms with Crippen molar-refractivity contribution < 1.29 is 23.9 Å². The van der Waals surface area contributed by atoms with E-state index in [1.54, 1.807) is 48.5 Å². The summed E-state index contributed by atoms with van der Waals surface area (Å²) in [6.45, 7) is 13.6. The van der Waals surface area contributed by atoms with Gasteiger partial charge in [-0.15, -0.1) is 0 Å². The molecule has 0 bridgehead atoms. The van der Waals surface area contributed by atoms with Gasteiger partial charge >= 0.3 is 12.2 Å². The van der Waals surface area contributed by atoms with Crippen LogP contribution in [-0.4, -0.2) is 40.2 Å². The molecule has 0 aliphatic carbocycles. The number of carbonyl (C=O) groups excluding carboxylic acids is 3. The Hall–Kier alpha value is -1.79. The standard InChI is InChI=1S/C16H30N2O5/c1-11(9-10-12(2)19)18(14(21)23-16(6,7)8)17-13(20)22-15(3,4)5/h11H,9-10H2,1-8H3,(H,17,20). The molecule has 0 heterocycles. The van der Waals surface area contributed by atoms with Crippen molar-refractivity contribution in [1.82, 2.24) is 10.4 Å². The van der Waals surface area contributed by atoms with Crippen molar-refractivity contribution in [1.29, 1.82) is 0 Å². The van der Waals surface area contributed by atoms with Gasteiger partial charge < -0.3 is 14.3 Å². The number of hydrogen-bond acceptors (Lipinski definition) is 5. The van der Waals surface area contributed by atoms with Crippen LogP contribution in [0.2, 0.25) is 0 Å². The molecule has 7 heteroatoms. The molecule has 1 atom stereocenters. The van der Waals surface area contributed by atoms with Gasteiger partial charge in [0.25, 0.3) is 0 Å². The first-order valence-corrected chi connectivity index (χ1v) is 7.72. The normalized spacial score (nSPS) is 13.0. The van der Waals surface area contributed by atoms with E-state index in [0.29, 0.717) is 12.8 Å². The zero-order valence-corrected chi connectivity index (χ0v) is 15.5. The van der Waals surface area contributed by atoms with Gasteiger partial charge in [0.2, 0.25) is 0 Å². The van der Waals surface area contributed by atoms with E-state index in [1.807, 2.05) is 0 Å². The van der Waals surface area contributed by atoms with Gasteiger partial charge in [-0.05, 0) is 61.8 Å². The van der Waals surface area contributed by atoms with Gasteiger partial charge in [0.1, 0.15) is 17.0 Å². The Labute approximate surface area is 138 Å². The number of hydrogen-bond donors (Lipinski definition) is 1. The zero-order chi connectivity index (χ0) is 18.4. The lowest BCUT2D eigenvalue weighted by Crippen LogP contribution is -2.53. The van der Waals surface area contributed by atoms with Gasteiger partial charge in [0, 0.05) is 6.42 Å². The minimum absolute atomic E-state index is 0.0123. The predicted molar refractivity (Wildman–Crippen MR) is 86.8 cm³/mol. The molecule has 1 N–H and O–H groups in total. The van der Waals surface area contributed by atoms with E-state index in [4.69, 9.17) is 9.47 Å². The molecule has 0 rings (SSSR count). The lowest BCUT2D eigenvalue weighted by molar-refractivity contribution is -0.117. The van der Waals surface area contributed by atoms with Crippen molar-refractivity contribution in [3.63, 3.8) is 0 Å². The van der Waals surface area contributed by atoms with E-state index in [1.165, 1.54) is 6.92 Å². The molecule has 0 spiro atoms. The number of nitrogens with zero attached hydrogens (tertiary/aromatic N) is 1. The van der Waals surface area contributed by atoms with Gasteiger partial charge in [0.05, 0.1) is 6.04 Å². The van der Waals surface area contributed by atoms with Crippen LogP contribution in [0.4, 0.5) is 9.59 Å². The third-order valence-corrected chi connectivity index (χ3v) is 2.56. The van der Waals surface area contributed by atoms with Crippen molar-refractivity contribution >= 4 is 18.0 Å². The number of hydrazine groups is 1. The van der Waals surface area contributed by atoms with Crippen LogP contribution in [0.3, 0.4) is 0 Å². The third kappa shape index (κ3) is 10.5. The minimum atomic E-state index is -0.752. The molecular weight excluding hydrogens is 300 g/mol. The van der Waals surface area contributed by atoms with Crippen LogP contribution in [0.15, 0.2) is 0 Å². The van der Waals surface area contributed by atoms with Gasteiger partial charge in [0.15, 0.2) is 0 Å². The van der Waals surface area contributed by atoms with Crippen molar-refractivity contribution in [3.8, 4) is 0 Å². The number of ether oxygens (including phenoxy) is 2. The summed E-state index contributed by atoms with van der Waals surface area (Å²) in [5.41, 5.74) is 1.01. The van der Waals surface area contributed by atoms with Crippen LogP contribution in [0.5, 0.6) is 0 Å². The van der Waals surface area contributed by atoms with E-state index in [2.05, 4.69) is 5.43 Å². The topological polar surface area (TPSA) is 84.9 Å². The first-order valence-electron chi connectivity index (χ1n) is 7.72. The second-order valence-electron chi connectivity index (χ2n) is 7.55. The first-order chi connectivity index (χ1) is 10.2. The van der Waals surface area contributed by atoms with Crippen molar-refractivity contribution in [2.24, 2.45) is 0 Å². The highest BCUT2D eigenvalue weighted by Gasteiger charge is 2.29. The molecule has 134 valence electrons. The maximum atomic E-state index is 12.3. The molecule has 2 amide bonds. The monoisotopic (exact) mass is 330 g/mol. The maximum Gasteiger partial charge on any atom is 0.429 e. The number of carbonyl (C=O) groups is 3. The highest BCUT2D eigenvalue weighted by Crippen LogP contribution is 2.14. The lowest BCUT2D eigenvalue weighted by Gasteiger charge is -2.32. The van der Waals surface area contributed by atoms with E-state index in [0.717, 1.165) is 5.01 Å². The molecule has 0 saturated heterocycles. The fourth-order valence-corrected chi connectivity index (χ4v) is 1.59. The Bertz CT molecular complexity index is 435. The molecule has 0 saturated carbocycles. The Morgan fingerprint density at radius 3 is 1.87 bits per heavy atom. The predicted octanol–water partition coefficient (Wildman–Crippen LogP) is 3.42. The van der Waals surface area contributed by atoms with E-state index >= 15 is 0 Å². The van der Waals surface area contributed by atoms with Crippen molar-refractivity contribution in [2.75, 3.05) is 0 Å².